The lowest BCUT2D eigenvalue weighted by Gasteiger charge is -2.39. The summed E-state index contributed by atoms with van der Waals surface area (Å²) < 4.78 is 0. The molecule has 2 aromatic carbocycles. The zero-order valence-corrected chi connectivity index (χ0v) is 20.7. The smallest absolute Gasteiger partial charge is 0.307 e. The van der Waals surface area contributed by atoms with Gasteiger partial charge in [-0.05, 0) is 54.2 Å². The first-order valence-electron chi connectivity index (χ1n) is 11.1. The van der Waals surface area contributed by atoms with Crippen molar-refractivity contribution in [1.82, 2.24) is 9.80 Å². The van der Waals surface area contributed by atoms with E-state index in [1.807, 2.05) is 24.3 Å². The van der Waals surface area contributed by atoms with Crippen LogP contribution in [0.25, 0.3) is 0 Å². The quantitative estimate of drug-likeness (QED) is 0.500. The molecule has 0 radical (unpaired) electrons. The van der Waals surface area contributed by atoms with E-state index in [1.54, 1.807) is 36.1 Å². The number of hydrogen-bond donors (Lipinski definition) is 0. The fraction of sp³-hybridized carbons (Fsp3) is 0.423. The maximum Gasteiger partial charge on any atom is 0.327 e. The van der Waals surface area contributed by atoms with Crippen molar-refractivity contribution in [2.45, 2.75) is 57.5 Å². The Morgan fingerprint density at radius 1 is 1.06 bits per heavy atom. The molecule has 0 aromatic heterocycles. The maximum absolute atomic E-state index is 13.6. The summed E-state index contributed by atoms with van der Waals surface area (Å²) in [5.74, 6) is -0.847. The topological polar surface area (TPSA) is 64.4 Å². The van der Waals surface area contributed by atoms with Crippen molar-refractivity contribution in [2.24, 2.45) is 5.41 Å². The average molecular weight is 484 g/mol. The van der Waals surface area contributed by atoms with Crippen LogP contribution in [-0.2, 0) is 10.2 Å². The van der Waals surface area contributed by atoms with Crippen LogP contribution in [0.15, 0.2) is 48.5 Å². The van der Waals surface area contributed by atoms with Crippen LogP contribution in [0.5, 0.6) is 0 Å². The normalized spacial score (nSPS) is 27.1. The Morgan fingerprint density at radius 3 is 2.27 bits per heavy atom. The number of halogens is 2. The van der Waals surface area contributed by atoms with Gasteiger partial charge in [0.05, 0.1) is 12.1 Å². The molecule has 0 aliphatic carbocycles. The van der Waals surface area contributed by atoms with Crippen molar-refractivity contribution < 1.29 is 9.59 Å². The van der Waals surface area contributed by atoms with Gasteiger partial charge in [0.25, 0.3) is 5.91 Å². The summed E-state index contributed by atoms with van der Waals surface area (Å²) in [7, 11) is 0. The zero-order chi connectivity index (χ0) is 24.1. The Morgan fingerprint density at radius 2 is 1.73 bits per heavy atom. The number of urea groups is 1. The Kier molecular flexibility index (Phi) is 5.97. The van der Waals surface area contributed by atoms with E-state index in [1.165, 1.54) is 4.90 Å². The van der Waals surface area contributed by atoms with E-state index in [2.05, 4.69) is 26.8 Å². The number of likely N-dealkylation sites (N-methyl/N-ethyl adjacent to an activating group) is 1. The van der Waals surface area contributed by atoms with Gasteiger partial charge in [0, 0.05) is 22.5 Å². The molecule has 2 aliphatic rings. The summed E-state index contributed by atoms with van der Waals surface area (Å²) >= 11 is 12.5. The van der Waals surface area contributed by atoms with Crippen LogP contribution in [-0.4, -0.2) is 40.4 Å². The van der Waals surface area contributed by atoms with Gasteiger partial charge in [-0.3, -0.25) is 9.69 Å². The maximum atomic E-state index is 13.6. The van der Waals surface area contributed by atoms with Gasteiger partial charge in [0.15, 0.2) is 0 Å². The highest BCUT2D eigenvalue weighted by molar-refractivity contribution is 6.30. The van der Waals surface area contributed by atoms with Gasteiger partial charge < -0.3 is 4.90 Å². The molecule has 3 amide bonds. The molecule has 5 nitrogen and oxygen atoms in total. The number of carbonyl (C=O) groups excluding carboxylic acids is 2. The lowest BCUT2D eigenvalue weighted by atomic mass is 9.62. The molecule has 0 bridgehead atoms. The fourth-order valence-corrected chi connectivity index (χ4v) is 5.84. The van der Waals surface area contributed by atoms with Crippen LogP contribution in [0.3, 0.4) is 0 Å². The third-order valence-electron chi connectivity index (χ3n) is 6.77. The zero-order valence-electron chi connectivity index (χ0n) is 19.2. The first-order valence-corrected chi connectivity index (χ1v) is 11.9. The first kappa shape index (κ1) is 23.6. The fourth-order valence-electron chi connectivity index (χ4n) is 5.52. The second-order valence-corrected chi connectivity index (χ2v) is 10.9. The molecule has 2 aromatic rings. The van der Waals surface area contributed by atoms with Crippen molar-refractivity contribution in [1.29, 1.82) is 5.26 Å². The predicted molar refractivity (Wildman–Crippen MR) is 129 cm³/mol. The second-order valence-electron chi connectivity index (χ2n) is 10.0. The van der Waals surface area contributed by atoms with E-state index >= 15 is 0 Å². The lowest BCUT2D eigenvalue weighted by Crippen LogP contribution is -2.49. The first-order chi connectivity index (χ1) is 15.5. The number of imide groups is 1. The van der Waals surface area contributed by atoms with Crippen molar-refractivity contribution >= 4 is 35.1 Å². The summed E-state index contributed by atoms with van der Waals surface area (Å²) in [6.45, 7) is 8.33. The lowest BCUT2D eigenvalue weighted by molar-refractivity contribution is -0.128. The molecule has 0 spiro atoms. The highest BCUT2D eigenvalue weighted by Crippen LogP contribution is 2.57. The standard InChI is InChI=1S/C26H27Cl2N3O2/c1-5-30-23(32)22-21(16-7-6-8-19(28)13-16)26(15-29,17-9-11-18(27)12-10-17)20(14-25(2,3)4)31(22)24(30)33/h6-13,20-22H,5,14H2,1-4H3/t20-,21+,22-,26+/m1/s1. The molecular weight excluding hydrogens is 457 g/mol. The van der Waals surface area contributed by atoms with Crippen LogP contribution in [0.2, 0.25) is 10.0 Å². The SMILES string of the molecule is CCN1C(=O)[C@H]2[C@H](c3cccc(Cl)c3)[C@@](C#N)(c3ccc(Cl)cc3)[C@@H](CC(C)(C)C)N2C1=O. The summed E-state index contributed by atoms with van der Waals surface area (Å²) in [5, 5.41) is 12.0. The molecule has 2 saturated heterocycles. The Labute approximate surface area is 204 Å². The van der Waals surface area contributed by atoms with Gasteiger partial charge in [-0.1, -0.05) is 68.2 Å². The molecule has 7 heteroatoms. The number of nitriles is 1. The number of nitrogens with zero attached hydrogens (tertiary/aromatic N) is 3. The number of rotatable bonds is 4. The van der Waals surface area contributed by atoms with Crippen molar-refractivity contribution in [3.05, 3.63) is 69.7 Å². The summed E-state index contributed by atoms with van der Waals surface area (Å²) in [5.41, 5.74) is 0.157. The van der Waals surface area contributed by atoms with Crippen molar-refractivity contribution in [3.8, 4) is 6.07 Å². The molecule has 33 heavy (non-hydrogen) atoms. The minimum absolute atomic E-state index is 0.198. The molecule has 0 saturated carbocycles. The molecule has 4 rings (SSSR count). The number of fused-ring (bicyclic) bond motifs is 1. The van der Waals surface area contributed by atoms with E-state index in [4.69, 9.17) is 23.2 Å². The van der Waals surface area contributed by atoms with Crippen LogP contribution < -0.4 is 0 Å². The van der Waals surface area contributed by atoms with Gasteiger partial charge in [-0.25, -0.2) is 4.79 Å². The van der Waals surface area contributed by atoms with Crippen LogP contribution in [0.1, 0.15) is 51.2 Å². The summed E-state index contributed by atoms with van der Waals surface area (Å²) in [4.78, 5) is 30.1. The highest BCUT2D eigenvalue weighted by Gasteiger charge is 2.68. The number of benzene rings is 2. The molecule has 4 atom stereocenters. The van der Waals surface area contributed by atoms with Gasteiger partial charge in [-0.2, -0.15) is 5.26 Å². The van der Waals surface area contributed by atoms with Crippen LogP contribution >= 0.6 is 23.2 Å². The molecule has 2 fully saturated rings. The average Bonchev–Trinajstić information content (AvgIpc) is 3.17. The van der Waals surface area contributed by atoms with Crippen molar-refractivity contribution in [2.75, 3.05) is 6.54 Å². The largest absolute Gasteiger partial charge is 0.327 e. The predicted octanol–water partition coefficient (Wildman–Crippen LogP) is 6.01. The Bertz CT molecular complexity index is 1140. The monoisotopic (exact) mass is 483 g/mol. The van der Waals surface area contributed by atoms with E-state index < -0.39 is 23.4 Å². The van der Waals surface area contributed by atoms with Crippen molar-refractivity contribution in [3.63, 3.8) is 0 Å². The number of carbonyl (C=O) groups is 2. The Balaban J connectivity index is 2.05. The van der Waals surface area contributed by atoms with E-state index in [9.17, 15) is 14.9 Å². The Hall–Kier alpha value is -2.55. The number of hydrogen-bond acceptors (Lipinski definition) is 3. The minimum Gasteiger partial charge on any atom is -0.307 e. The molecule has 2 aliphatic heterocycles. The van der Waals surface area contributed by atoms with Crippen LogP contribution in [0.4, 0.5) is 4.79 Å². The molecule has 0 N–H and O–H groups in total. The third-order valence-corrected chi connectivity index (χ3v) is 7.26. The van der Waals surface area contributed by atoms with Gasteiger partial charge in [0.1, 0.15) is 11.5 Å². The van der Waals surface area contributed by atoms with E-state index in [0.29, 0.717) is 16.5 Å². The molecule has 2 heterocycles. The van der Waals surface area contributed by atoms with E-state index in [-0.39, 0.29) is 23.9 Å². The van der Waals surface area contributed by atoms with Gasteiger partial charge >= 0.3 is 6.03 Å². The van der Waals surface area contributed by atoms with Gasteiger partial charge in [0.2, 0.25) is 0 Å². The molecule has 0 unspecified atom stereocenters. The van der Waals surface area contributed by atoms with E-state index in [0.717, 1.165) is 11.1 Å². The molecular formula is C26H27Cl2N3O2. The molecule has 172 valence electrons. The van der Waals surface area contributed by atoms with Crippen LogP contribution in [0, 0.1) is 16.7 Å². The van der Waals surface area contributed by atoms with Gasteiger partial charge in [-0.15, -0.1) is 0 Å². The minimum atomic E-state index is -1.15. The highest BCUT2D eigenvalue weighted by atomic mass is 35.5. The third kappa shape index (κ3) is 3.70. The summed E-state index contributed by atoms with van der Waals surface area (Å²) in [6.07, 6.45) is 0.549. The second kappa shape index (κ2) is 8.34. The number of amides is 3. The summed E-state index contributed by atoms with van der Waals surface area (Å²) in [6, 6.07) is 15.5.